The summed E-state index contributed by atoms with van der Waals surface area (Å²) in [5.74, 6) is 0.810. The molecule has 1 N–H and O–H groups in total. The Balaban J connectivity index is 1.83. The number of benzene rings is 2. The van der Waals surface area contributed by atoms with Gasteiger partial charge in [0.05, 0.1) is 11.6 Å². The zero-order valence-corrected chi connectivity index (χ0v) is 13.7. The topological polar surface area (TPSA) is 47.0 Å². The van der Waals surface area contributed by atoms with Crippen LogP contribution < -0.4 is 5.32 Å². The van der Waals surface area contributed by atoms with Crippen LogP contribution in [0.25, 0.3) is 10.9 Å². The van der Waals surface area contributed by atoms with E-state index in [0.717, 1.165) is 26.8 Å². The van der Waals surface area contributed by atoms with Crippen LogP contribution in [-0.4, -0.2) is 23.6 Å². The van der Waals surface area contributed by atoms with Crippen molar-refractivity contribution in [3.8, 4) is 0 Å². The average molecular weight is 358 g/mol. The summed E-state index contributed by atoms with van der Waals surface area (Å²) in [6.07, 6.45) is 1.54. The molecule has 1 unspecified atom stereocenters. The number of rotatable bonds is 5. The van der Waals surface area contributed by atoms with Crippen molar-refractivity contribution in [1.82, 2.24) is 9.97 Å². The fraction of sp³-hybridized carbons (Fsp3) is 0.176. The molecule has 4 nitrogen and oxygen atoms in total. The summed E-state index contributed by atoms with van der Waals surface area (Å²) in [6.45, 7) is 0.638. The second-order valence-corrected chi connectivity index (χ2v) is 5.82. The average Bonchev–Trinajstić information content (AvgIpc) is 2.56. The fourth-order valence-electron chi connectivity index (χ4n) is 2.36. The van der Waals surface area contributed by atoms with Gasteiger partial charge in [-0.3, -0.25) is 0 Å². The number of aromatic nitrogens is 2. The Labute approximate surface area is 137 Å². The number of methoxy groups -OCH3 is 1. The first-order valence-corrected chi connectivity index (χ1v) is 7.79. The number of nitrogens with zero attached hydrogens (tertiary/aromatic N) is 2. The van der Waals surface area contributed by atoms with Crippen LogP contribution in [0.5, 0.6) is 0 Å². The third-order valence-electron chi connectivity index (χ3n) is 3.51. The van der Waals surface area contributed by atoms with Crippen molar-refractivity contribution < 1.29 is 4.74 Å². The number of nitrogens with one attached hydrogen (secondary N) is 1. The summed E-state index contributed by atoms with van der Waals surface area (Å²) in [5, 5.41) is 4.35. The van der Waals surface area contributed by atoms with Crippen molar-refractivity contribution in [1.29, 1.82) is 0 Å². The molecule has 0 spiro atoms. The first kappa shape index (κ1) is 14.9. The predicted molar refractivity (Wildman–Crippen MR) is 91.9 cm³/mol. The largest absolute Gasteiger partial charge is 0.375 e. The first-order valence-electron chi connectivity index (χ1n) is 7.00. The Morgan fingerprint density at radius 1 is 1.14 bits per heavy atom. The highest BCUT2D eigenvalue weighted by molar-refractivity contribution is 9.10. The zero-order valence-electron chi connectivity index (χ0n) is 12.2. The van der Waals surface area contributed by atoms with Crippen LogP contribution in [0.1, 0.15) is 11.7 Å². The molecule has 3 aromatic rings. The SMILES string of the molecule is COC(CNc1ncnc2ccc(Br)cc12)c1ccccc1. The molecule has 3 rings (SSSR count). The van der Waals surface area contributed by atoms with Crippen LogP contribution in [0.2, 0.25) is 0 Å². The lowest BCUT2D eigenvalue weighted by Gasteiger charge is -2.17. The molecule has 0 saturated heterocycles. The van der Waals surface area contributed by atoms with Gasteiger partial charge in [0.2, 0.25) is 0 Å². The highest BCUT2D eigenvalue weighted by atomic mass is 79.9. The molecule has 112 valence electrons. The first-order chi connectivity index (χ1) is 10.8. The number of fused-ring (bicyclic) bond motifs is 1. The van der Waals surface area contributed by atoms with Crippen molar-refractivity contribution >= 4 is 32.7 Å². The van der Waals surface area contributed by atoms with Crippen molar-refractivity contribution in [2.24, 2.45) is 0 Å². The lowest BCUT2D eigenvalue weighted by Crippen LogP contribution is -2.15. The number of anilines is 1. The normalized spacial score (nSPS) is 12.3. The maximum absolute atomic E-state index is 5.58. The Morgan fingerprint density at radius 2 is 1.95 bits per heavy atom. The summed E-state index contributed by atoms with van der Waals surface area (Å²) < 4.78 is 6.58. The van der Waals surface area contributed by atoms with Gasteiger partial charge in [0.15, 0.2) is 0 Å². The summed E-state index contributed by atoms with van der Waals surface area (Å²) in [6, 6.07) is 16.1. The van der Waals surface area contributed by atoms with Gasteiger partial charge in [0.25, 0.3) is 0 Å². The smallest absolute Gasteiger partial charge is 0.137 e. The number of halogens is 1. The molecule has 0 fully saturated rings. The van der Waals surface area contributed by atoms with Crippen LogP contribution in [0.4, 0.5) is 5.82 Å². The highest BCUT2D eigenvalue weighted by Gasteiger charge is 2.11. The van der Waals surface area contributed by atoms with Crippen LogP contribution in [0, 0.1) is 0 Å². The maximum Gasteiger partial charge on any atom is 0.137 e. The molecule has 0 aliphatic carbocycles. The lowest BCUT2D eigenvalue weighted by atomic mass is 10.1. The molecule has 5 heteroatoms. The third-order valence-corrected chi connectivity index (χ3v) is 4.00. The molecule has 0 radical (unpaired) electrons. The minimum absolute atomic E-state index is 0.0293. The van der Waals surface area contributed by atoms with Crippen molar-refractivity contribution in [2.45, 2.75) is 6.10 Å². The van der Waals surface area contributed by atoms with E-state index < -0.39 is 0 Å². The fourth-order valence-corrected chi connectivity index (χ4v) is 2.73. The number of ether oxygens (including phenoxy) is 1. The molecular formula is C17H16BrN3O. The van der Waals surface area contributed by atoms with Crippen molar-refractivity contribution in [3.05, 3.63) is 64.9 Å². The Hall–Kier alpha value is -1.98. The van der Waals surface area contributed by atoms with Gasteiger partial charge in [-0.1, -0.05) is 46.3 Å². The Bertz CT molecular complexity index is 764. The van der Waals surface area contributed by atoms with Gasteiger partial charge in [0, 0.05) is 23.5 Å². The van der Waals surface area contributed by atoms with E-state index in [4.69, 9.17) is 4.74 Å². The summed E-state index contributed by atoms with van der Waals surface area (Å²) in [5.41, 5.74) is 2.05. The van der Waals surface area contributed by atoms with Gasteiger partial charge in [-0.25, -0.2) is 9.97 Å². The minimum atomic E-state index is -0.0293. The summed E-state index contributed by atoms with van der Waals surface area (Å²) in [4.78, 5) is 8.63. The molecule has 0 aliphatic heterocycles. The van der Waals surface area contributed by atoms with E-state index in [2.05, 4.69) is 43.3 Å². The molecule has 0 aliphatic rings. The van der Waals surface area contributed by atoms with E-state index in [-0.39, 0.29) is 6.10 Å². The molecule has 22 heavy (non-hydrogen) atoms. The monoisotopic (exact) mass is 357 g/mol. The van der Waals surface area contributed by atoms with Crippen LogP contribution in [0.15, 0.2) is 59.3 Å². The van der Waals surface area contributed by atoms with E-state index in [0.29, 0.717) is 6.54 Å². The molecule has 2 aromatic carbocycles. The van der Waals surface area contributed by atoms with Crippen LogP contribution >= 0.6 is 15.9 Å². The zero-order chi connectivity index (χ0) is 15.4. The van der Waals surface area contributed by atoms with Crippen molar-refractivity contribution in [3.63, 3.8) is 0 Å². The molecule has 0 bridgehead atoms. The lowest BCUT2D eigenvalue weighted by molar-refractivity contribution is 0.114. The van der Waals surface area contributed by atoms with E-state index in [1.54, 1.807) is 13.4 Å². The number of hydrogen-bond acceptors (Lipinski definition) is 4. The van der Waals surface area contributed by atoms with E-state index in [1.165, 1.54) is 0 Å². The molecule has 1 atom stereocenters. The van der Waals surface area contributed by atoms with Crippen LogP contribution in [-0.2, 0) is 4.74 Å². The minimum Gasteiger partial charge on any atom is -0.375 e. The molecular weight excluding hydrogens is 342 g/mol. The van der Waals surface area contributed by atoms with Gasteiger partial charge < -0.3 is 10.1 Å². The number of hydrogen-bond donors (Lipinski definition) is 1. The third kappa shape index (κ3) is 3.26. The van der Waals surface area contributed by atoms with E-state index >= 15 is 0 Å². The van der Waals surface area contributed by atoms with Crippen molar-refractivity contribution in [2.75, 3.05) is 19.0 Å². The van der Waals surface area contributed by atoms with Gasteiger partial charge >= 0.3 is 0 Å². The second kappa shape index (κ2) is 6.85. The molecule has 1 aromatic heterocycles. The standard InChI is InChI=1S/C17H16BrN3O/c1-22-16(12-5-3-2-4-6-12)10-19-17-14-9-13(18)7-8-15(14)20-11-21-17/h2-9,11,16H,10H2,1H3,(H,19,20,21). The maximum atomic E-state index is 5.58. The summed E-state index contributed by atoms with van der Waals surface area (Å²) >= 11 is 3.49. The highest BCUT2D eigenvalue weighted by Crippen LogP contribution is 2.24. The van der Waals surface area contributed by atoms with Crippen LogP contribution in [0.3, 0.4) is 0 Å². The predicted octanol–water partition coefficient (Wildman–Crippen LogP) is 4.19. The quantitative estimate of drug-likeness (QED) is 0.743. The Kier molecular flexibility index (Phi) is 4.65. The molecule has 0 amide bonds. The molecule has 0 saturated carbocycles. The second-order valence-electron chi connectivity index (χ2n) is 4.90. The molecule has 1 heterocycles. The van der Waals surface area contributed by atoms with Gasteiger partial charge in [0.1, 0.15) is 12.1 Å². The van der Waals surface area contributed by atoms with E-state index in [9.17, 15) is 0 Å². The van der Waals surface area contributed by atoms with Gasteiger partial charge in [-0.15, -0.1) is 0 Å². The Morgan fingerprint density at radius 3 is 2.73 bits per heavy atom. The van der Waals surface area contributed by atoms with Gasteiger partial charge in [-0.05, 0) is 23.8 Å². The summed E-state index contributed by atoms with van der Waals surface area (Å²) in [7, 11) is 1.72. The van der Waals surface area contributed by atoms with Gasteiger partial charge in [-0.2, -0.15) is 0 Å². The van der Waals surface area contributed by atoms with E-state index in [1.807, 2.05) is 36.4 Å².